The minimum atomic E-state index is -3.15. The van der Waals surface area contributed by atoms with E-state index in [2.05, 4.69) is 0 Å². The van der Waals surface area contributed by atoms with Crippen LogP contribution in [0.1, 0.15) is 0 Å². The van der Waals surface area contributed by atoms with Crippen LogP contribution in [0.5, 0.6) is 0 Å². The van der Waals surface area contributed by atoms with Crippen molar-refractivity contribution in [3.05, 3.63) is 0 Å². The molecule has 3 atom stereocenters. The molecule has 0 rings (SSSR count). The predicted molar refractivity (Wildman–Crippen MR) is 48.6 cm³/mol. The molecule has 0 aromatic carbocycles. The Bertz CT molecular complexity index is 247. The van der Waals surface area contributed by atoms with E-state index < -0.39 is 37.8 Å². The van der Waals surface area contributed by atoms with E-state index in [1.807, 2.05) is 0 Å². The Morgan fingerprint density at radius 3 is 2.00 bits per heavy atom. The van der Waals surface area contributed by atoms with Gasteiger partial charge in [-0.3, -0.25) is 0 Å². The van der Waals surface area contributed by atoms with Crippen molar-refractivity contribution in [1.82, 2.24) is 0 Å². The van der Waals surface area contributed by atoms with Crippen LogP contribution in [0.4, 0.5) is 0 Å². The van der Waals surface area contributed by atoms with Crippen LogP contribution in [-0.4, -0.2) is 58.2 Å². The van der Waals surface area contributed by atoms with Crippen LogP contribution in [0.2, 0.25) is 16.6 Å². The SMILES string of the molecule is C[As](C)(=O)C[C@@H](O)[C@@H](O)[C@@H](O)C(=O)O. The molecule has 0 saturated carbocycles. The number of aliphatic carboxylic acids is 1. The van der Waals surface area contributed by atoms with Crippen LogP contribution >= 0.6 is 0 Å². The first-order valence-electron chi connectivity index (χ1n) is 3.96. The summed E-state index contributed by atoms with van der Waals surface area (Å²) in [7, 11) is 0. The molecular formula is C7H15AsO6. The summed E-state index contributed by atoms with van der Waals surface area (Å²) < 4.78 is 11.3. The van der Waals surface area contributed by atoms with E-state index in [1.165, 1.54) is 11.4 Å². The Hall–Kier alpha value is -0.292. The molecule has 0 unspecified atom stereocenters. The van der Waals surface area contributed by atoms with E-state index >= 15 is 0 Å². The van der Waals surface area contributed by atoms with Gasteiger partial charge in [-0.15, -0.1) is 0 Å². The van der Waals surface area contributed by atoms with Crippen LogP contribution < -0.4 is 0 Å². The number of rotatable bonds is 5. The first kappa shape index (κ1) is 13.7. The fraction of sp³-hybridized carbons (Fsp3) is 0.857. The topological polar surface area (TPSA) is 115 Å². The molecule has 0 aliphatic heterocycles. The van der Waals surface area contributed by atoms with Gasteiger partial charge in [0.25, 0.3) is 0 Å². The monoisotopic (exact) mass is 270 g/mol. The molecule has 0 spiro atoms. The molecule has 0 fully saturated rings. The van der Waals surface area contributed by atoms with Gasteiger partial charge in [0.05, 0.1) is 0 Å². The van der Waals surface area contributed by atoms with E-state index in [9.17, 15) is 13.6 Å². The molecule has 0 aromatic rings. The summed E-state index contributed by atoms with van der Waals surface area (Å²) in [6.07, 6.45) is -5.32. The molecule has 4 N–H and O–H groups in total. The number of aliphatic hydroxyl groups excluding tert-OH is 3. The van der Waals surface area contributed by atoms with Crippen LogP contribution in [0.3, 0.4) is 0 Å². The summed E-state index contributed by atoms with van der Waals surface area (Å²) in [6.45, 7) is 0. The Morgan fingerprint density at radius 1 is 1.29 bits per heavy atom. The van der Waals surface area contributed by atoms with E-state index in [-0.39, 0.29) is 5.21 Å². The molecule has 14 heavy (non-hydrogen) atoms. The molecule has 0 aliphatic rings. The van der Waals surface area contributed by atoms with Crippen molar-refractivity contribution in [2.24, 2.45) is 0 Å². The maximum absolute atomic E-state index is 11.3. The minimum absolute atomic E-state index is 0.163. The van der Waals surface area contributed by atoms with Gasteiger partial charge in [-0.25, -0.2) is 0 Å². The van der Waals surface area contributed by atoms with Crippen molar-refractivity contribution < 1.29 is 29.0 Å². The Labute approximate surface area is 83.9 Å². The van der Waals surface area contributed by atoms with Gasteiger partial charge in [0, 0.05) is 0 Å². The average molecular weight is 270 g/mol. The van der Waals surface area contributed by atoms with Crippen molar-refractivity contribution in [1.29, 1.82) is 0 Å². The second-order valence-corrected chi connectivity index (χ2v) is 11.0. The van der Waals surface area contributed by atoms with E-state index in [4.69, 9.17) is 15.3 Å². The van der Waals surface area contributed by atoms with Gasteiger partial charge in [-0.1, -0.05) is 0 Å². The first-order valence-corrected chi connectivity index (χ1v) is 9.81. The molecule has 0 radical (unpaired) electrons. The molecular weight excluding hydrogens is 255 g/mol. The predicted octanol–water partition coefficient (Wildman–Crippen LogP) is -1.21. The average Bonchev–Trinajstić information content (AvgIpc) is 1.98. The summed E-state index contributed by atoms with van der Waals surface area (Å²) in [4.78, 5) is 10.2. The third-order valence-electron chi connectivity index (χ3n) is 1.60. The van der Waals surface area contributed by atoms with Crippen molar-refractivity contribution in [3.8, 4) is 0 Å². The van der Waals surface area contributed by atoms with Gasteiger partial charge in [-0.05, 0) is 0 Å². The summed E-state index contributed by atoms with van der Waals surface area (Å²) in [5, 5.41) is 35.4. The molecule has 6 nitrogen and oxygen atoms in total. The Balaban J connectivity index is 4.32. The van der Waals surface area contributed by atoms with Gasteiger partial charge < -0.3 is 0 Å². The van der Waals surface area contributed by atoms with Crippen molar-refractivity contribution in [2.75, 3.05) is 0 Å². The van der Waals surface area contributed by atoms with Crippen LogP contribution in [0.25, 0.3) is 0 Å². The number of hydrogen-bond donors (Lipinski definition) is 4. The summed E-state index contributed by atoms with van der Waals surface area (Å²) in [6, 6.07) is 0. The molecule has 0 aliphatic carbocycles. The second kappa shape index (κ2) is 4.98. The number of hydrogen-bond acceptors (Lipinski definition) is 5. The number of carboxylic acids is 1. The number of carboxylic acid groups (broad SMARTS) is 1. The molecule has 84 valence electrons. The molecule has 0 amide bonds. The molecule has 0 heterocycles. The van der Waals surface area contributed by atoms with Crippen LogP contribution in [0.15, 0.2) is 0 Å². The third kappa shape index (κ3) is 4.81. The van der Waals surface area contributed by atoms with Gasteiger partial charge in [0.1, 0.15) is 0 Å². The quantitative estimate of drug-likeness (QED) is 0.466. The zero-order valence-corrected chi connectivity index (χ0v) is 9.87. The van der Waals surface area contributed by atoms with Gasteiger partial charge in [-0.2, -0.15) is 0 Å². The fourth-order valence-electron chi connectivity index (χ4n) is 0.915. The molecule has 7 heteroatoms. The zero-order chi connectivity index (χ0) is 11.5. The maximum atomic E-state index is 11.3. The summed E-state index contributed by atoms with van der Waals surface area (Å²) >= 11 is -3.15. The van der Waals surface area contributed by atoms with Crippen molar-refractivity contribution >= 4 is 19.5 Å². The third-order valence-corrected chi connectivity index (χ3v) is 4.23. The van der Waals surface area contributed by atoms with Crippen LogP contribution in [0, 0.1) is 0 Å². The Morgan fingerprint density at radius 2 is 1.71 bits per heavy atom. The fourth-order valence-corrected chi connectivity index (χ4v) is 3.26. The number of aliphatic hydroxyl groups is 3. The van der Waals surface area contributed by atoms with E-state index in [0.717, 1.165) is 0 Å². The summed E-state index contributed by atoms with van der Waals surface area (Å²) in [5.41, 5.74) is 2.92. The van der Waals surface area contributed by atoms with E-state index in [0.29, 0.717) is 0 Å². The molecule has 0 saturated heterocycles. The van der Waals surface area contributed by atoms with E-state index in [1.54, 1.807) is 0 Å². The normalized spacial score (nSPS) is 18.6. The standard InChI is InChI=1S/C7H15AsO6/c1-8(2,14)3-4(9)5(10)6(11)7(12)13/h4-6,9-11H,3H2,1-2H3,(H,12,13)/t4-,5-,6-/m1/s1. The van der Waals surface area contributed by atoms with Gasteiger partial charge in [0.15, 0.2) is 0 Å². The van der Waals surface area contributed by atoms with Crippen molar-refractivity contribution in [2.45, 2.75) is 34.9 Å². The molecule has 0 aromatic heterocycles. The number of carbonyl (C=O) groups is 1. The van der Waals surface area contributed by atoms with Crippen LogP contribution in [-0.2, 0) is 8.53 Å². The van der Waals surface area contributed by atoms with Gasteiger partial charge >= 0.3 is 83.4 Å². The zero-order valence-electron chi connectivity index (χ0n) is 7.99. The summed E-state index contributed by atoms with van der Waals surface area (Å²) in [5.74, 6) is -1.62. The Kier molecular flexibility index (Phi) is 4.87. The van der Waals surface area contributed by atoms with Gasteiger partial charge in [0.2, 0.25) is 0 Å². The first-order chi connectivity index (χ1) is 6.15. The molecule has 0 bridgehead atoms. The second-order valence-electron chi connectivity index (χ2n) is 3.60. The van der Waals surface area contributed by atoms with Crippen molar-refractivity contribution in [3.63, 3.8) is 0 Å².